The highest BCUT2D eigenvalue weighted by Gasteiger charge is 2.17. The monoisotopic (exact) mass is 371 g/mol. The Kier molecular flexibility index (Phi) is 7.33. The molecule has 0 atom stereocenters. The van der Waals surface area contributed by atoms with Crippen LogP contribution in [0.3, 0.4) is 0 Å². The summed E-state index contributed by atoms with van der Waals surface area (Å²) >= 11 is 0. The van der Waals surface area contributed by atoms with Crippen molar-refractivity contribution in [3.63, 3.8) is 0 Å². The number of benzene rings is 2. The van der Waals surface area contributed by atoms with Crippen LogP contribution in [-0.2, 0) is 16.1 Å². The molecule has 0 unspecified atom stereocenters. The van der Waals surface area contributed by atoms with E-state index in [4.69, 9.17) is 9.84 Å². The van der Waals surface area contributed by atoms with Crippen LogP contribution in [0.2, 0.25) is 0 Å². The Morgan fingerprint density at radius 1 is 0.963 bits per heavy atom. The number of para-hydroxylation sites is 1. The number of carbonyl (C=O) groups excluding carboxylic acids is 3. The third-order valence-corrected chi connectivity index (χ3v) is 3.64. The van der Waals surface area contributed by atoms with Gasteiger partial charge in [0.2, 0.25) is 0 Å². The molecule has 142 valence electrons. The van der Waals surface area contributed by atoms with Gasteiger partial charge in [-0.15, -0.1) is 0 Å². The summed E-state index contributed by atoms with van der Waals surface area (Å²) in [7, 11) is 1.58. The first-order chi connectivity index (χ1) is 13.0. The molecule has 0 aliphatic rings. The van der Waals surface area contributed by atoms with Crippen molar-refractivity contribution in [2.24, 2.45) is 0 Å². The Balaban J connectivity index is 2.01. The maximum absolute atomic E-state index is 12.5. The lowest BCUT2D eigenvalue weighted by molar-refractivity contribution is -0.136. The maximum atomic E-state index is 12.5. The minimum Gasteiger partial charge on any atom is -0.497 e. The Bertz CT molecular complexity index is 805. The van der Waals surface area contributed by atoms with Crippen LogP contribution >= 0.6 is 0 Å². The summed E-state index contributed by atoms with van der Waals surface area (Å²) in [6.07, 6.45) is 0. The second-order valence-corrected chi connectivity index (χ2v) is 5.51. The lowest BCUT2D eigenvalue weighted by Crippen LogP contribution is -2.37. The predicted octanol–water partition coefficient (Wildman–Crippen LogP) is 0.672. The second-order valence-electron chi connectivity index (χ2n) is 5.51. The highest BCUT2D eigenvalue weighted by molar-refractivity contribution is 6.40. The van der Waals surface area contributed by atoms with Crippen LogP contribution in [0.15, 0.2) is 48.5 Å². The second kappa shape index (κ2) is 9.93. The number of methoxy groups -OCH3 is 1. The largest absolute Gasteiger partial charge is 0.497 e. The van der Waals surface area contributed by atoms with Crippen molar-refractivity contribution in [3.05, 3.63) is 59.7 Å². The van der Waals surface area contributed by atoms with E-state index in [0.29, 0.717) is 6.54 Å². The highest BCUT2D eigenvalue weighted by Crippen LogP contribution is 2.16. The van der Waals surface area contributed by atoms with Crippen molar-refractivity contribution < 1.29 is 24.2 Å². The SMILES string of the molecule is COc1ccc(CNC(=O)c2ccccc2NC(=O)C(=O)NCCO)cc1. The molecule has 2 rings (SSSR count). The number of hydrogen-bond acceptors (Lipinski definition) is 5. The number of carbonyl (C=O) groups is 3. The highest BCUT2D eigenvalue weighted by atomic mass is 16.5. The van der Waals surface area contributed by atoms with Crippen molar-refractivity contribution in [1.29, 1.82) is 0 Å². The number of rotatable bonds is 7. The van der Waals surface area contributed by atoms with Gasteiger partial charge in [-0.2, -0.15) is 0 Å². The minimum atomic E-state index is -0.918. The zero-order valence-corrected chi connectivity index (χ0v) is 14.8. The van der Waals surface area contributed by atoms with Crippen LogP contribution < -0.4 is 20.7 Å². The molecule has 0 heterocycles. The van der Waals surface area contributed by atoms with E-state index in [1.165, 1.54) is 6.07 Å². The molecule has 0 aliphatic carbocycles. The number of amides is 3. The molecular formula is C19H21N3O5. The van der Waals surface area contributed by atoms with E-state index in [9.17, 15) is 14.4 Å². The van der Waals surface area contributed by atoms with E-state index in [-0.39, 0.29) is 24.4 Å². The van der Waals surface area contributed by atoms with Gasteiger partial charge >= 0.3 is 11.8 Å². The van der Waals surface area contributed by atoms with Crippen molar-refractivity contribution in [3.8, 4) is 5.75 Å². The average Bonchev–Trinajstić information content (AvgIpc) is 2.70. The molecule has 27 heavy (non-hydrogen) atoms. The average molecular weight is 371 g/mol. The van der Waals surface area contributed by atoms with Crippen LogP contribution in [-0.4, -0.2) is 43.1 Å². The summed E-state index contributed by atoms with van der Waals surface area (Å²) in [5.41, 5.74) is 1.33. The third-order valence-electron chi connectivity index (χ3n) is 3.64. The standard InChI is InChI=1S/C19H21N3O5/c1-27-14-8-6-13(7-9-14)12-21-17(24)15-4-2-3-5-16(15)22-19(26)18(25)20-10-11-23/h2-9,23H,10-12H2,1H3,(H,20,25)(H,21,24)(H,22,26). The molecule has 8 heteroatoms. The summed E-state index contributed by atoms with van der Waals surface area (Å²) in [5, 5.41) is 16.1. The zero-order chi connectivity index (χ0) is 19.6. The summed E-state index contributed by atoms with van der Waals surface area (Å²) in [4.78, 5) is 36.0. The van der Waals surface area contributed by atoms with Crippen molar-refractivity contribution >= 4 is 23.4 Å². The smallest absolute Gasteiger partial charge is 0.313 e. The molecule has 0 saturated heterocycles. The Hall–Kier alpha value is -3.39. The molecule has 3 amide bonds. The van der Waals surface area contributed by atoms with Gasteiger partial charge < -0.3 is 25.8 Å². The fourth-order valence-electron chi connectivity index (χ4n) is 2.24. The molecule has 8 nitrogen and oxygen atoms in total. The Labute approximate surface area is 156 Å². The first-order valence-electron chi connectivity index (χ1n) is 8.25. The summed E-state index contributed by atoms with van der Waals surface area (Å²) in [5.74, 6) is -1.48. The molecule has 2 aromatic rings. The van der Waals surface area contributed by atoms with Crippen LogP contribution in [0, 0.1) is 0 Å². The summed E-state index contributed by atoms with van der Waals surface area (Å²) in [6, 6.07) is 13.6. The molecule has 0 bridgehead atoms. The van der Waals surface area contributed by atoms with E-state index >= 15 is 0 Å². The number of ether oxygens (including phenoxy) is 1. The zero-order valence-electron chi connectivity index (χ0n) is 14.8. The fraction of sp³-hybridized carbons (Fsp3) is 0.211. The topological polar surface area (TPSA) is 117 Å². The van der Waals surface area contributed by atoms with Crippen LogP contribution in [0.25, 0.3) is 0 Å². The predicted molar refractivity (Wildman–Crippen MR) is 99.3 cm³/mol. The van der Waals surface area contributed by atoms with Crippen molar-refractivity contribution in [2.75, 3.05) is 25.6 Å². The Morgan fingerprint density at radius 3 is 2.33 bits per heavy atom. The number of nitrogens with one attached hydrogen (secondary N) is 3. The quantitative estimate of drug-likeness (QED) is 0.534. The molecule has 0 spiro atoms. The summed E-state index contributed by atoms with van der Waals surface area (Å²) < 4.78 is 5.09. The van der Waals surface area contributed by atoms with Crippen LogP contribution in [0.5, 0.6) is 5.75 Å². The number of anilines is 1. The van der Waals surface area contributed by atoms with E-state index in [0.717, 1.165) is 11.3 Å². The van der Waals surface area contributed by atoms with Crippen molar-refractivity contribution in [1.82, 2.24) is 10.6 Å². The van der Waals surface area contributed by atoms with Gasteiger partial charge in [-0.1, -0.05) is 24.3 Å². The number of hydrogen-bond donors (Lipinski definition) is 4. The Morgan fingerprint density at radius 2 is 1.67 bits per heavy atom. The first-order valence-corrected chi connectivity index (χ1v) is 8.25. The molecular weight excluding hydrogens is 350 g/mol. The van der Waals surface area contributed by atoms with Gasteiger partial charge in [0.25, 0.3) is 5.91 Å². The maximum Gasteiger partial charge on any atom is 0.313 e. The van der Waals surface area contributed by atoms with Gasteiger partial charge in [-0.3, -0.25) is 14.4 Å². The molecule has 0 saturated carbocycles. The fourth-order valence-corrected chi connectivity index (χ4v) is 2.24. The van der Waals surface area contributed by atoms with E-state index in [1.54, 1.807) is 37.4 Å². The lowest BCUT2D eigenvalue weighted by atomic mass is 10.1. The molecule has 2 aromatic carbocycles. The van der Waals surface area contributed by atoms with Crippen LogP contribution in [0.4, 0.5) is 5.69 Å². The number of aliphatic hydroxyl groups is 1. The molecule has 0 fully saturated rings. The summed E-state index contributed by atoms with van der Waals surface area (Å²) in [6.45, 7) is -0.0122. The molecule has 0 aromatic heterocycles. The van der Waals surface area contributed by atoms with Gasteiger partial charge in [0, 0.05) is 13.1 Å². The van der Waals surface area contributed by atoms with Gasteiger partial charge in [-0.05, 0) is 29.8 Å². The lowest BCUT2D eigenvalue weighted by Gasteiger charge is -2.11. The molecule has 0 aliphatic heterocycles. The molecule has 4 N–H and O–H groups in total. The number of aliphatic hydroxyl groups excluding tert-OH is 1. The van der Waals surface area contributed by atoms with Crippen molar-refractivity contribution in [2.45, 2.75) is 6.54 Å². The normalized spacial score (nSPS) is 10.0. The van der Waals surface area contributed by atoms with Gasteiger partial charge in [0.05, 0.1) is 25.0 Å². The van der Waals surface area contributed by atoms with E-state index in [2.05, 4.69) is 16.0 Å². The van der Waals surface area contributed by atoms with Gasteiger partial charge in [0.15, 0.2) is 0 Å². The van der Waals surface area contributed by atoms with Crippen LogP contribution in [0.1, 0.15) is 15.9 Å². The minimum absolute atomic E-state index is 0.0315. The third kappa shape index (κ3) is 5.82. The van der Waals surface area contributed by atoms with Gasteiger partial charge in [0.1, 0.15) is 5.75 Å². The van der Waals surface area contributed by atoms with E-state index in [1.807, 2.05) is 12.1 Å². The van der Waals surface area contributed by atoms with Gasteiger partial charge in [-0.25, -0.2) is 0 Å². The van der Waals surface area contributed by atoms with E-state index < -0.39 is 17.7 Å². The first kappa shape index (κ1) is 19.9. The molecule has 0 radical (unpaired) electrons.